The molecular weight excluding hydrogens is 316 g/mol. The Hall–Kier alpha value is -1.42. The van der Waals surface area contributed by atoms with Crippen LogP contribution in [0.25, 0.3) is 0 Å². The molecule has 1 atom stereocenters. The van der Waals surface area contributed by atoms with Crippen molar-refractivity contribution in [2.45, 2.75) is 39.7 Å². The Bertz CT molecular complexity index is 619. The van der Waals surface area contributed by atoms with Crippen molar-refractivity contribution < 1.29 is 4.79 Å². The molecule has 1 unspecified atom stereocenters. The van der Waals surface area contributed by atoms with Crippen LogP contribution >= 0.6 is 15.9 Å². The van der Waals surface area contributed by atoms with E-state index in [1.54, 1.807) is 0 Å². The van der Waals surface area contributed by atoms with Gasteiger partial charge in [-0.05, 0) is 44.0 Å². The van der Waals surface area contributed by atoms with E-state index in [9.17, 15) is 4.79 Å². The van der Waals surface area contributed by atoms with Gasteiger partial charge >= 0.3 is 0 Å². The zero-order valence-corrected chi connectivity index (χ0v) is 13.6. The SMILES string of the molecule is CCC(C)n1ccc(CC(=O)c2cc(Br)ccc2C)n1. The molecule has 1 aromatic heterocycles. The Balaban J connectivity index is 2.15. The Morgan fingerprint density at radius 2 is 2.15 bits per heavy atom. The summed E-state index contributed by atoms with van der Waals surface area (Å²) in [4.78, 5) is 12.4. The smallest absolute Gasteiger partial charge is 0.169 e. The summed E-state index contributed by atoms with van der Waals surface area (Å²) in [6.45, 7) is 6.20. The lowest BCUT2D eigenvalue weighted by Crippen LogP contribution is -2.08. The first-order chi connectivity index (χ1) is 9.51. The highest BCUT2D eigenvalue weighted by Crippen LogP contribution is 2.18. The molecule has 0 aliphatic rings. The van der Waals surface area contributed by atoms with Crippen molar-refractivity contribution in [1.82, 2.24) is 9.78 Å². The summed E-state index contributed by atoms with van der Waals surface area (Å²) < 4.78 is 2.85. The Morgan fingerprint density at radius 1 is 1.40 bits per heavy atom. The lowest BCUT2D eigenvalue weighted by molar-refractivity contribution is 0.0991. The van der Waals surface area contributed by atoms with Crippen LogP contribution in [0.3, 0.4) is 0 Å². The van der Waals surface area contributed by atoms with Crippen LogP contribution in [0.5, 0.6) is 0 Å². The first-order valence-corrected chi connectivity index (χ1v) is 7.64. The fraction of sp³-hybridized carbons (Fsp3) is 0.375. The minimum atomic E-state index is 0.109. The van der Waals surface area contributed by atoms with Crippen molar-refractivity contribution in [3.63, 3.8) is 0 Å². The molecule has 0 radical (unpaired) electrons. The molecule has 4 heteroatoms. The van der Waals surface area contributed by atoms with Crippen molar-refractivity contribution in [2.75, 3.05) is 0 Å². The average Bonchev–Trinajstić information content (AvgIpc) is 2.89. The number of rotatable bonds is 5. The average molecular weight is 335 g/mol. The minimum absolute atomic E-state index is 0.109. The molecule has 0 spiro atoms. The number of Topliss-reactive ketones (excluding diaryl/α,β-unsaturated/α-hetero) is 1. The van der Waals surface area contributed by atoms with Gasteiger partial charge in [0.05, 0.1) is 12.1 Å². The zero-order chi connectivity index (χ0) is 14.7. The van der Waals surface area contributed by atoms with E-state index in [-0.39, 0.29) is 5.78 Å². The van der Waals surface area contributed by atoms with E-state index in [1.807, 2.05) is 42.1 Å². The first-order valence-electron chi connectivity index (χ1n) is 6.84. The van der Waals surface area contributed by atoms with Gasteiger partial charge in [-0.15, -0.1) is 0 Å². The Kier molecular flexibility index (Phi) is 4.76. The van der Waals surface area contributed by atoms with Gasteiger partial charge in [-0.3, -0.25) is 9.48 Å². The van der Waals surface area contributed by atoms with Gasteiger partial charge in [0.15, 0.2) is 5.78 Å². The third-order valence-electron chi connectivity index (χ3n) is 3.55. The fourth-order valence-electron chi connectivity index (χ4n) is 2.06. The van der Waals surface area contributed by atoms with Gasteiger partial charge in [-0.25, -0.2) is 0 Å². The second kappa shape index (κ2) is 6.35. The number of carbonyl (C=O) groups is 1. The molecule has 0 N–H and O–H groups in total. The molecule has 2 aromatic rings. The van der Waals surface area contributed by atoms with Gasteiger partial charge in [0, 0.05) is 22.3 Å². The maximum Gasteiger partial charge on any atom is 0.169 e. The number of halogens is 1. The zero-order valence-electron chi connectivity index (χ0n) is 12.1. The van der Waals surface area contributed by atoms with Crippen molar-refractivity contribution in [3.05, 3.63) is 51.8 Å². The van der Waals surface area contributed by atoms with Crippen molar-refractivity contribution in [2.24, 2.45) is 0 Å². The number of aryl methyl sites for hydroxylation is 1. The summed E-state index contributed by atoms with van der Waals surface area (Å²) in [7, 11) is 0. The monoisotopic (exact) mass is 334 g/mol. The van der Waals surface area contributed by atoms with E-state index < -0.39 is 0 Å². The van der Waals surface area contributed by atoms with E-state index in [4.69, 9.17) is 0 Å². The van der Waals surface area contributed by atoms with Gasteiger partial charge < -0.3 is 0 Å². The highest BCUT2D eigenvalue weighted by molar-refractivity contribution is 9.10. The summed E-state index contributed by atoms with van der Waals surface area (Å²) in [5.74, 6) is 0.109. The molecule has 1 aromatic carbocycles. The van der Waals surface area contributed by atoms with Gasteiger partial charge in [-0.1, -0.05) is 28.9 Å². The maximum atomic E-state index is 12.4. The molecule has 0 amide bonds. The number of hydrogen-bond acceptors (Lipinski definition) is 2. The van der Waals surface area contributed by atoms with E-state index in [0.29, 0.717) is 12.5 Å². The number of carbonyl (C=O) groups excluding carboxylic acids is 1. The molecule has 3 nitrogen and oxygen atoms in total. The van der Waals surface area contributed by atoms with Crippen LogP contribution in [0.1, 0.15) is 47.9 Å². The van der Waals surface area contributed by atoms with Crippen LogP contribution in [-0.2, 0) is 6.42 Å². The summed E-state index contributed by atoms with van der Waals surface area (Å²) in [5, 5.41) is 4.48. The summed E-state index contributed by atoms with van der Waals surface area (Å²) in [6, 6.07) is 8.07. The second-order valence-electron chi connectivity index (χ2n) is 5.10. The largest absolute Gasteiger partial charge is 0.294 e. The van der Waals surface area contributed by atoms with Crippen LogP contribution in [0.2, 0.25) is 0 Å². The van der Waals surface area contributed by atoms with Crippen LogP contribution in [-0.4, -0.2) is 15.6 Å². The van der Waals surface area contributed by atoms with Crippen molar-refractivity contribution >= 4 is 21.7 Å². The van der Waals surface area contributed by atoms with Crippen molar-refractivity contribution in [3.8, 4) is 0 Å². The molecule has 20 heavy (non-hydrogen) atoms. The minimum Gasteiger partial charge on any atom is -0.294 e. The first kappa shape index (κ1) is 15.0. The van der Waals surface area contributed by atoms with Crippen LogP contribution in [0.4, 0.5) is 0 Å². The van der Waals surface area contributed by atoms with Gasteiger partial charge in [-0.2, -0.15) is 5.10 Å². The lowest BCUT2D eigenvalue weighted by Gasteiger charge is -2.08. The van der Waals surface area contributed by atoms with Gasteiger partial charge in [0.1, 0.15) is 0 Å². The molecule has 0 saturated heterocycles. The topological polar surface area (TPSA) is 34.9 Å². The second-order valence-corrected chi connectivity index (χ2v) is 6.02. The quantitative estimate of drug-likeness (QED) is 0.762. The molecule has 106 valence electrons. The van der Waals surface area contributed by atoms with Gasteiger partial charge in [0.25, 0.3) is 0 Å². The van der Waals surface area contributed by atoms with E-state index in [1.165, 1.54) is 0 Å². The van der Waals surface area contributed by atoms with Crippen LogP contribution in [0, 0.1) is 6.92 Å². The normalized spacial score (nSPS) is 12.4. The number of ketones is 1. The Morgan fingerprint density at radius 3 is 2.85 bits per heavy atom. The molecular formula is C16H19BrN2O. The molecule has 0 bridgehead atoms. The Labute approximate surface area is 128 Å². The number of benzene rings is 1. The molecule has 0 aliphatic heterocycles. The summed E-state index contributed by atoms with van der Waals surface area (Å²) >= 11 is 3.41. The van der Waals surface area contributed by atoms with E-state index in [0.717, 1.165) is 27.7 Å². The highest BCUT2D eigenvalue weighted by Gasteiger charge is 2.13. The molecule has 0 fully saturated rings. The standard InChI is InChI=1S/C16H19BrN2O/c1-4-12(3)19-8-7-14(18-19)10-16(20)15-9-13(17)6-5-11(15)2/h5-9,12H,4,10H2,1-3H3. The molecule has 1 heterocycles. The summed E-state index contributed by atoms with van der Waals surface area (Å²) in [5.41, 5.74) is 2.59. The predicted octanol–water partition coefficient (Wildman–Crippen LogP) is 4.35. The predicted molar refractivity (Wildman–Crippen MR) is 84.1 cm³/mol. The van der Waals surface area contributed by atoms with Crippen LogP contribution in [0.15, 0.2) is 34.9 Å². The lowest BCUT2D eigenvalue weighted by atomic mass is 10.0. The van der Waals surface area contributed by atoms with E-state index in [2.05, 4.69) is 34.9 Å². The fourth-order valence-corrected chi connectivity index (χ4v) is 2.42. The summed E-state index contributed by atoms with van der Waals surface area (Å²) in [6.07, 6.45) is 3.32. The number of nitrogens with zero attached hydrogens (tertiary/aromatic N) is 2. The maximum absolute atomic E-state index is 12.4. The molecule has 0 aliphatic carbocycles. The van der Waals surface area contributed by atoms with E-state index >= 15 is 0 Å². The highest BCUT2D eigenvalue weighted by atomic mass is 79.9. The molecule has 2 rings (SSSR count). The van der Waals surface area contributed by atoms with Crippen molar-refractivity contribution in [1.29, 1.82) is 0 Å². The third kappa shape index (κ3) is 3.37. The van der Waals surface area contributed by atoms with Gasteiger partial charge in [0.2, 0.25) is 0 Å². The number of hydrogen-bond donors (Lipinski definition) is 0. The number of aromatic nitrogens is 2. The molecule has 0 saturated carbocycles. The third-order valence-corrected chi connectivity index (χ3v) is 4.04. The van der Waals surface area contributed by atoms with Crippen LogP contribution < -0.4 is 0 Å².